The highest BCUT2D eigenvalue weighted by Gasteiger charge is 2.25. The van der Waals surface area contributed by atoms with Crippen LogP contribution in [0, 0.1) is 0 Å². The molecule has 0 atom stereocenters. The van der Waals surface area contributed by atoms with E-state index in [9.17, 15) is 0 Å². The first kappa shape index (κ1) is 28.1. The van der Waals surface area contributed by atoms with E-state index in [4.69, 9.17) is 25.2 Å². The molecule has 4 N–H and O–H groups in total. The Morgan fingerprint density at radius 1 is 0.944 bits per heavy atom. The van der Waals surface area contributed by atoms with Crippen LogP contribution in [-0.4, -0.2) is 45.8 Å². The van der Waals surface area contributed by atoms with Crippen LogP contribution in [-0.2, 0) is 6.54 Å². The van der Waals surface area contributed by atoms with Gasteiger partial charge in [0.15, 0.2) is 5.65 Å². The van der Waals surface area contributed by atoms with Gasteiger partial charge in [-0.05, 0) is 56.2 Å². The van der Waals surface area contributed by atoms with Crippen molar-refractivity contribution in [3.8, 4) is 11.5 Å². The molecule has 0 spiro atoms. The quantitative estimate of drug-likeness (QED) is 0.364. The van der Waals surface area contributed by atoms with E-state index in [1.807, 2.05) is 24.4 Å². The van der Waals surface area contributed by atoms with Gasteiger partial charge in [-0.1, -0.05) is 12.8 Å². The first-order valence-corrected chi connectivity index (χ1v) is 12.4. The molecule has 2 heterocycles. The molecule has 2 aliphatic carbocycles. The van der Waals surface area contributed by atoms with Gasteiger partial charge >= 0.3 is 0 Å². The molecule has 198 valence electrons. The third-order valence-corrected chi connectivity index (χ3v) is 7.09. The maximum absolute atomic E-state index is 6.07. The lowest BCUT2D eigenvalue weighted by Crippen LogP contribution is -2.33. The summed E-state index contributed by atoms with van der Waals surface area (Å²) in [5.41, 5.74) is 8.83. The molecule has 0 aliphatic heterocycles. The third kappa shape index (κ3) is 6.25. The molecule has 2 aliphatic rings. The summed E-state index contributed by atoms with van der Waals surface area (Å²) in [5, 5.41) is 7.08. The maximum atomic E-state index is 6.07. The second kappa shape index (κ2) is 12.7. The lowest BCUT2D eigenvalue weighted by molar-refractivity contribution is 0.393. The van der Waals surface area contributed by atoms with Crippen molar-refractivity contribution >= 4 is 47.9 Å². The molecule has 2 aromatic heterocycles. The second-order valence-corrected chi connectivity index (χ2v) is 9.48. The molecule has 0 radical (unpaired) electrons. The molecule has 3 aromatic rings. The van der Waals surface area contributed by atoms with Crippen LogP contribution in [0.2, 0.25) is 0 Å². The Hall–Kier alpha value is -2.49. The van der Waals surface area contributed by atoms with Crippen LogP contribution in [0.1, 0.15) is 63.0 Å². The number of anilines is 2. The van der Waals surface area contributed by atoms with Gasteiger partial charge in [0.25, 0.3) is 0 Å². The van der Waals surface area contributed by atoms with Crippen molar-refractivity contribution < 1.29 is 9.47 Å². The maximum Gasteiger partial charge on any atom is 0.224 e. The molecule has 0 saturated heterocycles. The number of hydrogen-bond acceptors (Lipinski definition) is 8. The van der Waals surface area contributed by atoms with Gasteiger partial charge in [-0.3, -0.25) is 4.57 Å². The monoisotopic (exact) mass is 537 g/mol. The van der Waals surface area contributed by atoms with Gasteiger partial charge in [-0.25, -0.2) is 9.97 Å². The molecule has 0 unspecified atom stereocenters. The number of aromatic nitrogens is 4. The SMILES string of the molecule is COc1cc(CNc2nc3cnc(N[C@H]4CC[C@H](N)CC4)nc3n2C2CCCC2)cc(OC)c1.Cl.Cl. The summed E-state index contributed by atoms with van der Waals surface area (Å²) < 4.78 is 13.1. The van der Waals surface area contributed by atoms with Crippen molar-refractivity contribution in [3.05, 3.63) is 30.0 Å². The van der Waals surface area contributed by atoms with Gasteiger partial charge in [0, 0.05) is 30.7 Å². The van der Waals surface area contributed by atoms with Crippen molar-refractivity contribution in [2.24, 2.45) is 5.73 Å². The van der Waals surface area contributed by atoms with Gasteiger partial charge in [-0.2, -0.15) is 4.98 Å². The van der Waals surface area contributed by atoms with Gasteiger partial charge in [-0.15, -0.1) is 24.8 Å². The lowest BCUT2D eigenvalue weighted by atomic mass is 9.92. The fraction of sp³-hybridized carbons (Fsp3) is 0.560. The van der Waals surface area contributed by atoms with E-state index in [1.54, 1.807) is 14.2 Å². The number of nitrogens with zero attached hydrogens (tertiary/aromatic N) is 4. The average Bonchev–Trinajstić information content (AvgIpc) is 3.51. The van der Waals surface area contributed by atoms with Crippen LogP contribution in [0.5, 0.6) is 11.5 Å². The number of halogens is 2. The second-order valence-electron chi connectivity index (χ2n) is 9.48. The molecular formula is C25H37Cl2N7O2. The van der Waals surface area contributed by atoms with E-state index >= 15 is 0 Å². The van der Waals surface area contributed by atoms with Crippen molar-refractivity contribution in [1.29, 1.82) is 0 Å². The summed E-state index contributed by atoms with van der Waals surface area (Å²) in [5.74, 6) is 3.05. The number of methoxy groups -OCH3 is 2. The summed E-state index contributed by atoms with van der Waals surface area (Å²) >= 11 is 0. The van der Waals surface area contributed by atoms with E-state index in [1.165, 1.54) is 12.8 Å². The van der Waals surface area contributed by atoms with Crippen LogP contribution in [0.3, 0.4) is 0 Å². The molecular weight excluding hydrogens is 501 g/mol. The zero-order valence-corrected chi connectivity index (χ0v) is 22.5. The van der Waals surface area contributed by atoms with E-state index < -0.39 is 0 Å². The highest BCUT2D eigenvalue weighted by Crippen LogP contribution is 2.35. The molecule has 36 heavy (non-hydrogen) atoms. The Morgan fingerprint density at radius 3 is 2.25 bits per heavy atom. The van der Waals surface area contributed by atoms with Crippen LogP contribution in [0.15, 0.2) is 24.4 Å². The minimum atomic E-state index is 0. The number of nitrogens with two attached hydrogens (primary N) is 1. The summed E-state index contributed by atoms with van der Waals surface area (Å²) in [4.78, 5) is 14.4. The van der Waals surface area contributed by atoms with Gasteiger partial charge < -0.3 is 25.8 Å². The van der Waals surface area contributed by atoms with E-state index in [-0.39, 0.29) is 24.8 Å². The normalized spacial score (nSPS) is 19.9. The summed E-state index contributed by atoms with van der Waals surface area (Å²) in [6.07, 6.45) is 10.8. The van der Waals surface area contributed by atoms with E-state index in [2.05, 4.69) is 20.2 Å². The Morgan fingerprint density at radius 2 is 1.61 bits per heavy atom. The van der Waals surface area contributed by atoms with Gasteiger partial charge in [0.1, 0.15) is 17.0 Å². The summed E-state index contributed by atoms with van der Waals surface area (Å²) in [6.45, 7) is 0.602. The van der Waals surface area contributed by atoms with Gasteiger partial charge in [0.05, 0.1) is 20.4 Å². The Kier molecular flexibility index (Phi) is 9.87. The zero-order valence-electron chi connectivity index (χ0n) is 20.9. The van der Waals surface area contributed by atoms with E-state index in [0.29, 0.717) is 30.6 Å². The number of benzene rings is 1. The predicted octanol–water partition coefficient (Wildman–Crippen LogP) is 5.10. The summed E-state index contributed by atoms with van der Waals surface area (Å²) in [7, 11) is 3.33. The molecule has 11 heteroatoms. The van der Waals surface area contributed by atoms with Crippen molar-refractivity contribution in [2.45, 2.75) is 76.0 Å². The molecule has 2 saturated carbocycles. The number of hydrogen-bond donors (Lipinski definition) is 3. The molecule has 2 fully saturated rings. The number of ether oxygens (including phenoxy) is 2. The van der Waals surface area contributed by atoms with Crippen LogP contribution >= 0.6 is 24.8 Å². The van der Waals surface area contributed by atoms with Crippen molar-refractivity contribution in [3.63, 3.8) is 0 Å². The van der Waals surface area contributed by atoms with Crippen LogP contribution in [0.4, 0.5) is 11.9 Å². The largest absolute Gasteiger partial charge is 0.497 e. The molecule has 5 rings (SSSR count). The first-order chi connectivity index (χ1) is 16.6. The number of nitrogens with one attached hydrogen (secondary N) is 2. The fourth-order valence-electron chi connectivity index (χ4n) is 5.19. The molecule has 9 nitrogen and oxygen atoms in total. The standard InChI is InChI=1S/C25H35N7O2.2ClH/c1-33-20-11-16(12-21(13-20)34-2)14-28-25-30-22-15-27-24(29-18-9-7-17(26)8-10-18)31-23(22)32(25)19-5-3-4-6-19;;/h11-13,15,17-19H,3-10,14,26H2,1-2H3,(H,28,30)(H,27,29,31);2*1H/t17-,18-;;. The fourth-order valence-corrected chi connectivity index (χ4v) is 5.19. The number of fused-ring (bicyclic) bond motifs is 1. The van der Waals surface area contributed by atoms with Crippen molar-refractivity contribution in [2.75, 3.05) is 24.9 Å². The predicted molar refractivity (Wildman–Crippen MR) is 148 cm³/mol. The first-order valence-electron chi connectivity index (χ1n) is 12.4. The molecule has 1 aromatic carbocycles. The molecule has 0 bridgehead atoms. The Labute approximate surface area is 224 Å². The van der Waals surface area contributed by atoms with Gasteiger partial charge in [0.2, 0.25) is 11.9 Å². The van der Waals surface area contributed by atoms with Crippen LogP contribution < -0.4 is 25.8 Å². The highest BCUT2D eigenvalue weighted by atomic mass is 35.5. The zero-order chi connectivity index (χ0) is 23.5. The van der Waals surface area contributed by atoms with Crippen LogP contribution in [0.25, 0.3) is 11.2 Å². The summed E-state index contributed by atoms with van der Waals surface area (Å²) in [6, 6.07) is 6.99. The Balaban J connectivity index is 0.00000180. The Bertz CT molecular complexity index is 1110. The number of rotatable bonds is 8. The smallest absolute Gasteiger partial charge is 0.224 e. The van der Waals surface area contributed by atoms with Crippen molar-refractivity contribution in [1.82, 2.24) is 19.5 Å². The van der Waals surface area contributed by atoms with E-state index in [0.717, 1.165) is 72.7 Å². The minimum Gasteiger partial charge on any atom is -0.497 e. The minimum absolute atomic E-state index is 0. The highest BCUT2D eigenvalue weighted by molar-refractivity contribution is 5.85. The third-order valence-electron chi connectivity index (χ3n) is 7.09. The average molecular weight is 539 g/mol. The number of imidazole rings is 1. The lowest BCUT2D eigenvalue weighted by Gasteiger charge is -2.26. The topological polar surface area (TPSA) is 112 Å². The molecule has 0 amide bonds.